The van der Waals surface area contributed by atoms with Gasteiger partial charge in [-0.2, -0.15) is 0 Å². The summed E-state index contributed by atoms with van der Waals surface area (Å²) in [7, 11) is 0. The van der Waals surface area contributed by atoms with Gasteiger partial charge in [-0.25, -0.2) is 4.68 Å². The first-order valence-corrected chi connectivity index (χ1v) is 6.50. The largest absolute Gasteiger partial charge is 0.481 e. The molecule has 0 amide bonds. The van der Waals surface area contributed by atoms with Crippen molar-refractivity contribution in [2.75, 3.05) is 0 Å². The molecular weight excluding hydrogens is 299 g/mol. The highest BCUT2D eigenvalue weighted by atomic mass is 35.5. The number of thiophene rings is 1. The van der Waals surface area contributed by atoms with E-state index in [4.69, 9.17) is 28.3 Å². The van der Waals surface area contributed by atoms with E-state index in [1.54, 1.807) is 13.0 Å². The molecule has 2 rings (SSSR count). The molecule has 1 unspecified atom stereocenters. The molecule has 2 heterocycles. The first-order valence-electron chi connectivity index (χ1n) is 4.93. The van der Waals surface area contributed by atoms with Crippen molar-refractivity contribution in [1.82, 2.24) is 20.2 Å². The topological polar surface area (TPSA) is 80.9 Å². The molecule has 96 valence electrons. The number of carboxylic acid groups (broad SMARTS) is 1. The Morgan fingerprint density at radius 1 is 1.61 bits per heavy atom. The molecule has 0 aromatic carbocycles. The number of hydrogen-bond donors (Lipinski definition) is 1. The number of rotatable bonds is 4. The second-order valence-corrected chi connectivity index (χ2v) is 5.95. The Morgan fingerprint density at radius 3 is 2.89 bits per heavy atom. The molecular formula is C9H8Cl2N4O2S. The molecule has 2 aromatic rings. The van der Waals surface area contributed by atoms with Crippen molar-refractivity contribution >= 4 is 40.5 Å². The molecule has 1 atom stereocenters. The Morgan fingerprint density at radius 2 is 2.33 bits per heavy atom. The molecule has 18 heavy (non-hydrogen) atoms. The van der Waals surface area contributed by atoms with E-state index in [0.717, 1.165) is 0 Å². The standard InChI is InChI=1S/C9H8Cl2N4O2S/c1-4(9(16)17)3-15-8(12-13-14-15)5-2-6(10)18-7(5)11/h2,4H,3H2,1H3,(H,16,17). The van der Waals surface area contributed by atoms with Crippen molar-refractivity contribution in [2.24, 2.45) is 5.92 Å². The zero-order chi connectivity index (χ0) is 13.3. The van der Waals surface area contributed by atoms with Crippen LogP contribution in [0, 0.1) is 5.92 Å². The third kappa shape index (κ3) is 2.63. The maximum atomic E-state index is 10.8. The van der Waals surface area contributed by atoms with E-state index in [0.29, 0.717) is 20.1 Å². The first kappa shape index (κ1) is 13.3. The zero-order valence-corrected chi connectivity index (χ0v) is 11.5. The van der Waals surface area contributed by atoms with Crippen LogP contribution in [0.25, 0.3) is 11.4 Å². The SMILES string of the molecule is CC(Cn1nnnc1-c1cc(Cl)sc1Cl)C(=O)O. The van der Waals surface area contributed by atoms with Crippen LogP contribution in [0.2, 0.25) is 8.67 Å². The summed E-state index contributed by atoms with van der Waals surface area (Å²) >= 11 is 13.1. The predicted octanol–water partition coefficient (Wildman–Crippen LogP) is 2.43. The van der Waals surface area contributed by atoms with E-state index < -0.39 is 11.9 Å². The van der Waals surface area contributed by atoms with E-state index in [1.165, 1.54) is 16.0 Å². The highest BCUT2D eigenvalue weighted by Gasteiger charge is 2.19. The minimum absolute atomic E-state index is 0.168. The molecule has 0 aliphatic carbocycles. The van der Waals surface area contributed by atoms with Crippen LogP contribution >= 0.6 is 34.5 Å². The van der Waals surface area contributed by atoms with E-state index in [2.05, 4.69) is 15.5 Å². The van der Waals surface area contributed by atoms with E-state index in [1.807, 2.05) is 0 Å². The van der Waals surface area contributed by atoms with Gasteiger partial charge in [-0.15, -0.1) is 16.4 Å². The number of aromatic nitrogens is 4. The summed E-state index contributed by atoms with van der Waals surface area (Å²) in [5.41, 5.74) is 0.606. The molecule has 2 aromatic heterocycles. The summed E-state index contributed by atoms with van der Waals surface area (Å²) in [5.74, 6) is -1.10. The van der Waals surface area contributed by atoms with Gasteiger partial charge < -0.3 is 5.11 Å². The lowest BCUT2D eigenvalue weighted by atomic mass is 10.2. The number of tetrazole rings is 1. The second-order valence-electron chi connectivity index (χ2n) is 3.66. The average molecular weight is 307 g/mol. The van der Waals surface area contributed by atoms with Crippen LogP contribution in [0.1, 0.15) is 6.92 Å². The van der Waals surface area contributed by atoms with Crippen molar-refractivity contribution in [3.05, 3.63) is 14.7 Å². The summed E-state index contributed by atoms with van der Waals surface area (Å²) in [6.45, 7) is 1.75. The zero-order valence-electron chi connectivity index (χ0n) is 9.17. The summed E-state index contributed by atoms with van der Waals surface area (Å²) in [5, 5.41) is 20.0. The minimum Gasteiger partial charge on any atom is -0.481 e. The lowest BCUT2D eigenvalue weighted by Crippen LogP contribution is -2.18. The Hall–Kier alpha value is -1.18. The Balaban J connectivity index is 2.33. The van der Waals surface area contributed by atoms with Gasteiger partial charge in [0.15, 0.2) is 5.82 Å². The highest BCUT2D eigenvalue weighted by molar-refractivity contribution is 7.20. The van der Waals surface area contributed by atoms with Gasteiger partial charge in [0, 0.05) is 0 Å². The number of carbonyl (C=O) groups is 1. The fraction of sp³-hybridized carbons (Fsp3) is 0.333. The van der Waals surface area contributed by atoms with Crippen LogP contribution in [0.15, 0.2) is 6.07 Å². The molecule has 6 nitrogen and oxygen atoms in total. The van der Waals surface area contributed by atoms with Crippen LogP contribution < -0.4 is 0 Å². The Labute approximate surface area is 116 Å². The average Bonchev–Trinajstić information content (AvgIpc) is 2.85. The van der Waals surface area contributed by atoms with E-state index in [-0.39, 0.29) is 6.54 Å². The maximum absolute atomic E-state index is 10.8. The van der Waals surface area contributed by atoms with Gasteiger partial charge in [-0.1, -0.05) is 30.1 Å². The van der Waals surface area contributed by atoms with E-state index in [9.17, 15) is 4.79 Å². The van der Waals surface area contributed by atoms with Crippen molar-refractivity contribution in [3.63, 3.8) is 0 Å². The summed E-state index contributed by atoms with van der Waals surface area (Å²) in [6, 6.07) is 1.65. The van der Waals surface area contributed by atoms with Crippen molar-refractivity contribution in [2.45, 2.75) is 13.5 Å². The first-order chi connectivity index (χ1) is 8.49. The third-order valence-electron chi connectivity index (χ3n) is 2.30. The molecule has 0 spiro atoms. The molecule has 9 heteroatoms. The van der Waals surface area contributed by atoms with Crippen LogP contribution in [-0.2, 0) is 11.3 Å². The maximum Gasteiger partial charge on any atom is 0.308 e. The third-order valence-corrected chi connectivity index (χ3v) is 3.79. The van der Waals surface area contributed by atoms with Crippen molar-refractivity contribution in [3.8, 4) is 11.4 Å². The van der Waals surface area contributed by atoms with Gasteiger partial charge >= 0.3 is 5.97 Å². The molecule has 0 saturated heterocycles. The van der Waals surface area contributed by atoms with Crippen LogP contribution in [0.3, 0.4) is 0 Å². The summed E-state index contributed by atoms with van der Waals surface area (Å²) in [4.78, 5) is 10.8. The monoisotopic (exact) mass is 306 g/mol. The molecule has 0 aliphatic rings. The normalized spacial score (nSPS) is 12.6. The fourth-order valence-electron chi connectivity index (χ4n) is 1.35. The van der Waals surface area contributed by atoms with Crippen LogP contribution in [0.4, 0.5) is 0 Å². The Kier molecular flexibility index (Phi) is 3.84. The van der Waals surface area contributed by atoms with Crippen molar-refractivity contribution < 1.29 is 9.90 Å². The second kappa shape index (κ2) is 5.21. The fourth-order valence-corrected chi connectivity index (χ4v) is 2.81. The van der Waals surface area contributed by atoms with Gasteiger partial charge in [-0.05, 0) is 16.5 Å². The molecule has 0 saturated carbocycles. The molecule has 1 N–H and O–H groups in total. The van der Waals surface area contributed by atoms with Crippen molar-refractivity contribution in [1.29, 1.82) is 0 Å². The van der Waals surface area contributed by atoms with Gasteiger partial charge in [0.1, 0.15) is 4.34 Å². The number of carboxylic acids is 1. The molecule has 0 bridgehead atoms. The minimum atomic E-state index is -0.911. The predicted molar refractivity (Wildman–Crippen MR) is 67.9 cm³/mol. The smallest absolute Gasteiger partial charge is 0.308 e. The summed E-state index contributed by atoms with van der Waals surface area (Å²) in [6.07, 6.45) is 0. The number of halogens is 2. The van der Waals surface area contributed by atoms with Gasteiger partial charge in [0.05, 0.1) is 22.4 Å². The van der Waals surface area contributed by atoms with E-state index >= 15 is 0 Å². The molecule has 0 aliphatic heterocycles. The van der Waals surface area contributed by atoms with Crippen LogP contribution in [-0.4, -0.2) is 31.3 Å². The quantitative estimate of drug-likeness (QED) is 0.938. The highest BCUT2D eigenvalue weighted by Crippen LogP contribution is 2.37. The molecule has 0 radical (unpaired) electrons. The molecule has 0 fully saturated rings. The number of aliphatic carboxylic acids is 1. The van der Waals surface area contributed by atoms with Gasteiger partial charge in [-0.3, -0.25) is 4.79 Å². The lowest BCUT2D eigenvalue weighted by Gasteiger charge is -2.07. The number of hydrogen-bond acceptors (Lipinski definition) is 5. The van der Waals surface area contributed by atoms with Gasteiger partial charge in [0.2, 0.25) is 0 Å². The van der Waals surface area contributed by atoms with Gasteiger partial charge in [0.25, 0.3) is 0 Å². The summed E-state index contributed by atoms with van der Waals surface area (Å²) < 4.78 is 2.40. The van der Waals surface area contributed by atoms with Crippen LogP contribution in [0.5, 0.6) is 0 Å². The lowest BCUT2D eigenvalue weighted by molar-refractivity contribution is -0.141. The Bertz CT molecular complexity index is 583. The number of nitrogens with zero attached hydrogens (tertiary/aromatic N) is 4.